The SMILES string of the molecule is CC(C)(COC(=O)C1CCC2(C1)OCC(C)(C)CO2)COC(=O)C1CCC2(C1)OCC(C)(C)CO2. The van der Waals surface area contributed by atoms with Gasteiger partial charge in [-0.1, -0.05) is 41.5 Å². The number of hydrogen-bond donors (Lipinski definition) is 0. The van der Waals surface area contributed by atoms with Crippen LogP contribution in [0.1, 0.15) is 80.1 Å². The lowest BCUT2D eigenvalue weighted by atomic mass is 9.94. The topological polar surface area (TPSA) is 89.5 Å². The fourth-order valence-electron chi connectivity index (χ4n) is 5.16. The Hall–Kier alpha value is -1.22. The van der Waals surface area contributed by atoms with Gasteiger partial charge in [-0.3, -0.25) is 9.59 Å². The van der Waals surface area contributed by atoms with Gasteiger partial charge in [0.15, 0.2) is 11.6 Å². The predicted molar refractivity (Wildman–Crippen MR) is 127 cm³/mol. The van der Waals surface area contributed by atoms with Crippen molar-refractivity contribution in [3.63, 3.8) is 0 Å². The van der Waals surface area contributed by atoms with E-state index < -0.39 is 17.0 Å². The third kappa shape index (κ3) is 6.56. The Bertz CT molecular complexity index is 717. The van der Waals surface area contributed by atoms with E-state index in [-0.39, 0.29) is 47.8 Å². The second kappa shape index (κ2) is 9.58. The van der Waals surface area contributed by atoms with Crippen molar-refractivity contribution in [2.24, 2.45) is 28.1 Å². The first kappa shape index (κ1) is 26.8. The van der Waals surface area contributed by atoms with Crippen molar-refractivity contribution in [1.82, 2.24) is 0 Å². The Morgan fingerprint density at radius 1 is 0.714 bits per heavy atom. The van der Waals surface area contributed by atoms with Crippen LogP contribution >= 0.6 is 0 Å². The Balaban J connectivity index is 1.18. The molecule has 0 aromatic rings. The van der Waals surface area contributed by atoms with Crippen molar-refractivity contribution in [2.75, 3.05) is 39.6 Å². The van der Waals surface area contributed by atoms with Crippen molar-refractivity contribution in [1.29, 1.82) is 0 Å². The van der Waals surface area contributed by atoms with Crippen LogP contribution in [0.25, 0.3) is 0 Å². The molecule has 0 aromatic heterocycles. The Morgan fingerprint density at radius 2 is 1.06 bits per heavy atom. The zero-order chi connectivity index (χ0) is 25.5. The zero-order valence-corrected chi connectivity index (χ0v) is 22.4. The molecule has 2 heterocycles. The molecule has 4 aliphatic rings. The second-order valence-corrected chi connectivity index (χ2v) is 13.6. The molecule has 2 saturated heterocycles. The minimum atomic E-state index is -0.648. The summed E-state index contributed by atoms with van der Waals surface area (Å²) in [4.78, 5) is 25.5. The van der Waals surface area contributed by atoms with Crippen molar-refractivity contribution >= 4 is 11.9 Å². The van der Waals surface area contributed by atoms with Crippen LogP contribution in [0.3, 0.4) is 0 Å². The minimum Gasteiger partial charge on any atom is -0.465 e. The van der Waals surface area contributed by atoms with Crippen molar-refractivity contribution in [3.05, 3.63) is 0 Å². The normalized spacial score (nSPS) is 30.9. The fourth-order valence-corrected chi connectivity index (χ4v) is 5.16. The lowest BCUT2D eigenvalue weighted by Crippen LogP contribution is -2.46. The van der Waals surface area contributed by atoms with E-state index in [2.05, 4.69) is 27.7 Å². The third-order valence-corrected chi connectivity index (χ3v) is 7.64. The van der Waals surface area contributed by atoms with Gasteiger partial charge in [-0.25, -0.2) is 0 Å². The van der Waals surface area contributed by atoms with Crippen LogP contribution in [0.4, 0.5) is 0 Å². The summed E-state index contributed by atoms with van der Waals surface area (Å²) in [6, 6.07) is 0. The van der Waals surface area contributed by atoms with Gasteiger partial charge in [-0.15, -0.1) is 0 Å². The van der Waals surface area contributed by atoms with E-state index in [9.17, 15) is 9.59 Å². The lowest BCUT2D eigenvalue weighted by molar-refractivity contribution is -0.296. The van der Waals surface area contributed by atoms with Crippen LogP contribution in [0.5, 0.6) is 0 Å². The standard InChI is InChI=1S/C27H44O8/c1-23(2,13-30-21(28)19-7-9-26(11-19)32-15-24(3,4)16-33-26)14-31-22(29)20-8-10-27(12-20)34-17-25(5,6)18-35-27/h19-20H,7-18H2,1-6H3. The fraction of sp³-hybridized carbons (Fsp3) is 0.926. The molecule has 35 heavy (non-hydrogen) atoms. The molecule has 200 valence electrons. The maximum absolute atomic E-state index is 12.7. The van der Waals surface area contributed by atoms with E-state index >= 15 is 0 Å². The van der Waals surface area contributed by atoms with Gasteiger partial charge in [-0.2, -0.15) is 0 Å². The molecule has 0 bridgehead atoms. The smallest absolute Gasteiger partial charge is 0.309 e. The minimum absolute atomic E-state index is 0.00223. The first-order chi connectivity index (χ1) is 16.2. The highest BCUT2D eigenvalue weighted by atomic mass is 16.7. The van der Waals surface area contributed by atoms with E-state index in [0.29, 0.717) is 65.0 Å². The maximum atomic E-state index is 12.7. The summed E-state index contributed by atoms with van der Waals surface area (Å²) in [6.45, 7) is 15.2. The quantitative estimate of drug-likeness (QED) is 0.505. The summed E-state index contributed by atoms with van der Waals surface area (Å²) in [7, 11) is 0. The highest BCUT2D eigenvalue weighted by Gasteiger charge is 2.50. The van der Waals surface area contributed by atoms with Gasteiger partial charge in [0.05, 0.1) is 51.5 Å². The molecule has 2 atom stereocenters. The van der Waals surface area contributed by atoms with E-state index in [1.165, 1.54) is 0 Å². The number of rotatable bonds is 6. The van der Waals surface area contributed by atoms with Gasteiger partial charge >= 0.3 is 11.9 Å². The summed E-state index contributed by atoms with van der Waals surface area (Å²) >= 11 is 0. The molecular formula is C27H44O8. The number of carbonyl (C=O) groups is 2. The zero-order valence-electron chi connectivity index (χ0n) is 22.4. The molecule has 2 aliphatic carbocycles. The van der Waals surface area contributed by atoms with Gasteiger partial charge in [0.2, 0.25) is 0 Å². The van der Waals surface area contributed by atoms with Gasteiger partial charge in [0.25, 0.3) is 0 Å². The van der Waals surface area contributed by atoms with Gasteiger partial charge < -0.3 is 28.4 Å². The largest absolute Gasteiger partial charge is 0.465 e. The van der Waals surface area contributed by atoms with Crippen LogP contribution in [0.15, 0.2) is 0 Å². The summed E-state index contributed by atoms with van der Waals surface area (Å²) in [5.41, 5.74) is -0.489. The van der Waals surface area contributed by atoms with Crippen LogP contribution in [-0.4, -0.2) is 63.2 Å². The van der Waals surface area contributed by atoms with E-state index in [1.807, 2.05) is 13.8 Å². The highest BCUT2D eigenvalue weighted by Crippen LogP contribution is 2.45. The van der Waals surface area contributed by atoms with Crippen LogP contribution in [0.2, 0.25) is 0 Å². The molecule has 2 saturated carbocycles. The molecule has 2 spiro atoms. The lowest BCUT2D eigenvalue weighted by Gasteiger charge is -2.41. The van der Waals surface area contributed by atoms with E-state index in [1.54, 1.807) is 0 Å². The first-order valence-corrected chi connectivity index (χ1v) is 13.1. The monoisotopic (exact) mass is 496 g/mol. The van der Waals surface area contributed by atoms with Crippen LogP contribution < -0.4 is 0 Å². The van der Waals surface area contributed by atoms with Gasteiger partial charge in [-0.05, 0) is 12.8 Å². The van der Waals surface area contributed by atoms with Crippen LogP contribution in [-0.2, 0) is 38.0 Å². The molecule has 0 aromatic carbocycles. The molecule has 0 N–H and O–H groups in total. The molecule has 4 fully saturated rings. The number of ether oxygens (including phenoxy) is 6. The first-order valence-electron chi connectivity index (χ1n) is 13.1. The summed E-state index contributed by atoms with van der Waals surface area (Å²) < 4.78 is 35.4. The molecule has 0 radical (unpaired) electrons. The molecular weight excluding hydrogens is 452 g/mol. The number of carbonyl (C=O) groups excluding carboxylic acids is 2. The predicted octanol–water partition coefficient (Wildman–Crippen LogP) is 4.24. The third-order valence-electron chi connectivity index (χ3n) is 7.64. The molecule has 2 aliphatic heterocycles. The van der Waals surface area contributed by atoms with E-state index in [0.717, 1.165) is 0 Å². The van der Waals surface area contributed by atoms with Crippen molar-refractivity contribution in [3.8, 4) is 0 Å². The summed E-state index contributed by atoms with van der Waals surface area (Å²) in [5, 5.41) is 0. The number of esters is 2. The Labute approximate surface area is 209 Å². The molecule has 2 unspecified atom stereocenters. The Kier molecular flexibility index (Phi) is 7.35. The average Bonchev–Trinajstić information content (AvgIpc) is 3.41. The molecule has 8 nitrogen and oxygen atoms in total. The summed E-state index contributed by atoms with van der Waals surface area (Å²) in [5.74, 6) is -2.22. The molecule has 4 rings (SSSR count). The van der Waals surface area contributed by atoms with Gasteiger partial charge in [0.1, 0.15) is 0 Å². The average molecular weight is 497 g/mol. The summed E-state index contributed by atoms with van der Waals surface area (Å²) in [6.07, 6.45) is 3.86. The maximum Gasteiger partial charge on any atom is 0.309 e. The van der Waals surface area contributed by atoms with E-state index in [4.69, 9.17) is 28.4 Å². The number of hydrogen-bond acceptors (Lipinski definition) is 8. The Morgan fingerprint density at radius 3 is 1.40 bits per heavy atom. The van der Waals surface area contributed by atoms with Crippen molar-refractivity contribution in [2.45, 2.75) is 91.6 Å². The second-order valence-electron chi connectivity index (χ2n) is 13.6. The highest BCUT2D eigenvalue weighted by molar-refractivity contribution is 5.73. The van der Waals surface area contributed by atoms with Crippen LogP contribution in [0, 0.1) is 28.1 Å². The van der Waals surface area contributed by atoms with Crippen molar-refractivity contribution < 1.29 is 38.0 Å². The molecule has 0 amide bonds. The van der Waals surface area contributed by atoms with Gasteiger partial charge in [0, 0.05) is 41.9 Å². The molecule has 8 heteroatoms.